The van der Waals surface area contributed by atoms with E-state index < -0.39 is 6.10 Å². The minimum atomic E-state index is -0.749. The van der Waals surface area contributed by atoms with Gasteiger partial charge in [0.05, 0.1) is 18.3 Å². The molecular formula is C12H17N3O3. The van der Waals surface area contributed by atoms with Gasteiger partial charge in [0.15, 0.2) is 6.61 Å². The maximum absolute atomic E-state index is 11.8. The molecule has 1 amide bonds. The largest absolute Gasteiger partial charge is 0.482 e. The van der Waals surface area contributed by atoms with E-state index in [-0.39, 0.29) is 25.6 Å². The van der Waals surface area contributed by atoms with Gasteiger partial charge in [-0.1, -0.05) is 6.07 Å². The molecule has 1 atom stereocenters. The van der Waals surface area contributed by atoms with Crippen molar-refractivity contribution in [2.24, 2.45) is 11.5 Å². The van der Waals surface area contributed by atoms with Crippen LogP contribution in [0, 0.1) is 0 Å². The molecule has 0 bridgehead atoms. The van der Waals surface area contributed by atoms with Gasteiger partial charge in [-0.15, -0.1) is 0 Å². The Labute approximate surface area is 105 Å². The number of β-amino-alcohol motifs (C(OH)–C–C–N with tert-alkyl or cyclic N) is 1. The predicted molar refractivity (Wildman–Crippen MR) is 67.2 cm³/mol. The number of benzene rings is 1. The number of carbonyl (C=O) groups is 1. The fourth-order valence-electron chi connectivity index (χ4n) is 1.86. The molecule has 0 radical (unpaired) electrons. The number of aliphatic hydroxyl groups excluding tert-OH is 1. The molecule has 98 valence electrons. The van der Waals surface area contributed by atoms with Gasteiger partial charge < -0.3 is 26.2 Å². The molecule has 0 spiro atoms. The fraction of sp³-hybridized carbons (Fsp3) is 0.417. The quantitative estimate of drug-likeness (QED) is 0.649. The Morgan fingerprint density at radius 3 is 2.89 bits per heavy atom. The Kier molecular flexibility index (Phi) is 3.81. The molecule has 18 heavy (non-hydrogen) atoms. The highest BCUT2D eigenvalue weighted by Gasteiger charge is 2.27. The van der Waals surface area contributed by atoms with E-state index in [2.05, 4.69) is 0 Å². The van der Waals surface area contributed by atoms with Gasteiger partial charge in [-0.25, -0.2) is 0 Å². The van der Waals surface area contributed by atoms with Crippen molar-refractivity contribution >= 4 is 11.6 Å². The molecule has 0 fully saturated rings. The lowest BCUT2D eigenvalue weighted by atomic mass is 10.1. The van der Waals surface area contributed by atoms with Crippen molar-refractivity contribution in [2.75, 3.05) is 24.6 Å². The Hall–Kier alpha value is -1.63. The number of rotatable bonds is 4. The zero-order chi connectivity index (χ0) is 13.1. The molecule has 1 heterocycles. The van der Waals surface area contributed by atoms with Crippen LogP contribution < -0.4 is 21.1 Å². The summed E-state index contributed by atoms with van der Waals surface area (Å²) in [6.45, 7) is 0.636. The summed E-state index contributed by atoms with van der Waals surface area (Å²) in [6, 6.07) is 5.44. The molecule has 0 saturated heterocycles. The van der Waals surface area contributed by atoms with Gasteiger partial charge in [0.1, 0.15) is 5.75 Å². The number of anilines is 1. The smallest absolute Gasteiger partial charge is 0.265 e. The molecule has 5 N–H and O–H groups in total. The minimum Gasteiger partial charge on any atom is -0.482 e. The minimum absolute atomic E-state index is 0.0216. The number of fused-ring (bicyclic) bond motifs is 1. The molecular weight excluding hydrogens is 234 g/mol. The molecule has 1 aliphatic rings. The first kappa shape index (κ1) is 12.8. The van der Waals surface area contributed by atoms with Crippen LogP contribution in [0.3, 0.4) is 0 Å². The Bertz CT molecular complexity index is 450. The number of carbonyl (C=O) groups excluding carboxylic acids is 1. The van der Waals surface area contributed by atoms with Gasteiger partial charge in [-0.2, -0.15) is 0 Å². The van der Waals surface area contributed by atoms with Gasteiger partial charge in [-0.3, -0.25) is 4.79 Å². The SMILES string of the molecule is NCc1ccc2c(c1)N(CC(O)CN)C(=O)CO2. The number of hydrogen-bond donors (Lipinski definition) is 3. The highest BCUT2D eigenvalue weighted by atomic mass is 16.5. The van der Waals surface area contributed by atoms with Crippen LogP contribution in [0.15, 0.2) is 18.2 Å². The maximum Gasteiger partial charge on any atom is 0.265 e. The van der Waals surface area contributed by atoms with E-state index in [1.807, 2.05) is 6.07 Å². The summed E-state index contributed by atoms with van der Waals surface area (Å²) in [5.41, 5.74) is 12.5. The molecule has 1 aromatic rings. The van der Waals surface area contributed by atoms with E-state index in [4.69, 9.17) is 16.2 Å². The molecule has 6 heteroatoms. The van der Waals surface area contributed by atoms with Crippen LogP contribution in [-0.4, -0.2) is 36.8 Å². The van der Waals surface area contributed by atoms with Crippen LogP contribution >= 0.6 is 0 Å². The van der Waals surface area contributed by atoms with Crippen LogP contribution in [0.4, 0.5) is 5.69 Å². The maximum atomic E-state index is 11.8. The number of nitrogens with zero attached hydrogens (tertiary/aromatic N) is 1. The van der Waals surface area contributed by atoms with Crippen molar-refractivity contribution in [3.05, 3.63) is 23.8 Å². The number of ether oxygens (including phenoxy) is 1. The van der Waals surface area contributed by atoms with E-state index >= 15 is 0 Å². The molecule has 0 saturated carbocycles. The number of aliphatic hydroxyl groups is 1. The van der Waals surface area contributed by atoms with Gasteiger partial charge in [0, 0.05) is 13.1 Å². The number of amides is 1. The normalized spacial score (nSPS) is 16.2. The first-order valence-corrected chi connectivity index (χ1v) is 5.80. The van der Waals surface area contributed by atoms with E-state index in [0.717, 1.165) is 5.56 Å². The molecule has 1 aliphatic heterocycles. The van der Waals surface area contributed by atoms with Crippen molar-refractivity contribution < 1.29 is 14.6 Å². The first-order chi connectivity index (χ1) is 8.65. The fourth-order valence-corrected chi connectivity index (χ4v) is 1.86. The van der Waals surface area contributed by atoms with Crippen LogP contribution in [0.25, 0.3) is 0 Å². The molecule has 6 nitrogen and oxygen atoms in total. The standard InChI is InChI=1S/C12H17N3O3/c13-4-8-1-2-11-10(3-8)15(6-9(16)5-14)12(17)7-18-11/h1-3,9,16H,4-7,13-14H2. The van der Waals surface area contributed by atoms with Crippen LogP contribution in [0.5, 0.6) is 5.75 Å². The Balaban J connectivity index is 2.32. The van der Waals surface area contributed by atoms with E-state index in [0.29, 0.717) is 18.0 Å². The first-order valence-electron chi connectivity index (χ1n) is 5.80. The second kappa shape index (κ2) is 5.34. The van der Waals surface area contributed by atoms with E-state index in [9.17, 15) is 9.90 Å². The average Bonchev–Trinajstić information content (AvgIpc) is 2.41. The topological polar surface area (TPSA) is 102 Å². The van der Waals surface area contributed by atoms with Gasteiger partial charge >= 0.3 is 0 Å². The third kappa shape index (κ3) is 2.45. The van der Waals surface area contributed by atoms with Gasteiger partial charge in [0.25, 0.3) is 5.91 Å². The second-order valence-corrected chi connectivity index (χ2v) is 4.19. The lowest BCUT2D eigenvalue weighted by molar-refractivity contribution is -0.121. The number of nitrogens with two attached hydrogens (primary N) is 2. The van der Waals surface area contributed by atoms with Crippen molar-refractivity contribution in [1.29, 1.82) is 0 Å². The number of hydrogen-bond acceptors (Lipinski definition) is 5. The van der Waals surface area contributed by atoms with Gasteiger partial charge in [-0.05, 0) is 17.7 Å². The van der Waals surface area contributed by atoms with Crippen molar-refractivity contribution in [3.8, 4) is 5.75 Å². The van der Waals surface area contributed by atoms with Gasteiger partial charge in [0.2, 0.25) is 0 Å². The molecule has 2 rings (SSSR count). The molecule has 1 aromatic carbocycles. The third-order valence-electron chi connectivity index (χ3n) is 2.87. The van der Waals surface area contributed by atoms with Crippen molar-refractivity contribution in [2.45, 2.75) is 12.6 Å². The lowest BCUT2D eigenvalue weighted by Gasteiger charge is -2.31. The summed E-state index contributed by atoms with van der Waals surface area (Å²) in [4.78, 5) is 13.3. The van der Waals surface area contributed by atoms with Crippen LogP contribution in [0.1, 0.15) is 5.56 Å². The van der Waals surface area contributed by atoms with Crippen LogP contribution in [0.2, 0.25) is 0 Å². The molecule has 0 aliphatic carbocycles. The van der Waals surface area contributed by atoms with Crippen molar-refractivity contribution in [1.82, 2.24) is 0 Å². The molecule has 0 aromatic heterocycles. The summed E-state index contributed by atoms with van der Waals surface area (Å²) in [5, 5.41) is 9.60. The van der Waals surface area contributed by atoms with E-state index in [1.54, 1.807) is 12.1 Å². The second-order valence-electron chi connectivity index (χ2n) is 4.19. The zero-order valence-electron chi connectivity index (χ0n) is 10.0. The van der Waals surface area contributed by atoms with Crippen LogP contribution in [-0.2, 0) is 11.3 Å². The summed E-state index contributed by atoms with van der Waals surface area (Å²) < 4.78 is 5.34. The summed E-state index contributed by atoms with van der Waals surface area (Å²) in [6.07, 6.45) is -0.749. The third-order valence-corrected chi connectivity index (χ3v) is 2.87. The highest BCUT2D eigenvalue weighted by Crippen LogP contribution is 2.32. The summed E-state index contributed by atoms with van der Waals surface area (Å²) in [5.74, 6) is 0.431. The Morgan fingerprint density at radius 2 is 2.22 bits per heavy atom. The lowest BCUT2D eigenvalue weighted by Crippen LogP contribution is -2.45. The predicted octanol–water partition coefficient (Wildman–Crippen LogP) is -0.810. The van der Waals surface area contributed by atoms with Crippen molar-refractivity contribution in [3.63, 3.8) is 0 Å². The zero-order valence-corrected chi connectivity index (χ0v) is 10.0. The Morgan fingerprint density at radius 1 is 1.44 bits per heavy atom. The monoisotopic (exact) mass is 251 g/mol. The van der Waals surface area contributed by atoms with E-state index in [1.165, 1.54) is 4.90 Å². The summed E-state index contributed by atoms with van der Waals surface area (Å²) in [7, 11) is 0. The highest BCUT2D eigenvalue weighted by molar-refractivity contribution is 5.98. The molecule has 1 unspecified atom stereocenters. The average molecular weight is 251 g/mol. The summed E-state index contributed by atoms with van der Waals surface area (Å²) >= 11 is 0.